The minimum atomic E-state index is -1.15. The van der Waals surface area contributed by atoms with Crippen LogP contribution >= 0.6 is 0 Å². The van der Waals surface area contributed by atoms with Gasteiger partial charge in [-0.2, -0.15) is 0 Å². The van der Waals surface area contributed by atoms with E-state index < -0.39 is 23.1 Å². The second kappa shape index (κ2) is 86.4. The van der Waals surface area contributed by atoms with E-state index in [0.29, 0.717) is 295 Å². The van der Waals surface area contributed by atoms with Crippen LogP contribution in [0.25, 0.3) is 33.4 Å². The van der Waals surface area contributed by atoms with Gasteiger partial charge in [0.05, 0.1) is 243 Å². The third kappa shape index (κ3) is 71.3. The Hall–Kier alpha value is -7.06. The fraction of sp³-hybridized carbons (Fsp3) is 0.620. The van der Waals surface area contributed by atoms with Gasteiger partial charge in [0.1, 0.15) is 31.0 Å². The highest BCUT2D eigenvalue weighted by atomic mass is 16.6. The van der Waals surface area contributed by atoms with Gasteiger partial charge in [0, 0.05) is 66.7 Å². The lowest BCUT2D eigenvalue weighted by Crippen LogP contribution is -2.30. The molecule has 0 saturated heterocycles. The Morgan fingerprint density at radius 3 is 0.589 bits per heavy atom. The van der Waals surface area contributed by atoms with Gasteiger partial charge in [-0.3, -0.25) is 9.59 Å². The molecule has 0 aromatic heterocycles. The molecule has 0 spiro atoms. The maximum Gasteiger partial charge on any atom is 0.310 e. The zero-order valence-electron chi connectivity index (χ0n) is 80.8. The van der Waals surface area contributed by atoms with E-state index in [1.165, 1.54) is 13.8 Å². The molecule has 0 saturated carbocycles. The number of allylic oxidation sites excluding steroid dienone is 3. The molecule has 0 aliphatic rings. The predicted octanol–water partition coefficient (Wildman–Crippen LogP) is 14.9. The molecule has 4 aromatic rings. The van der Waals surface area contributed by atoms with Crippen molar-refractivity contribution in [1.82, 2.24) is 0 Å². The van der Waals surface area contributed by atoms with E-state index >= 15 is 0 Å². The third-order valence-electron chi connectivity index (χ3n) is 17.5. The van der Waals surface area contributed by atoms with Crippen molar-refractivity contribution in [2.75, 3.05) is 297 Å². The Morgan fingerprint density at radius 2 is 0.411 bits per heavy atom. The first kappa shape index (κ1) is 122. The van der Waals surface area contributed by atoms with E-state index in [0.717, 1.165) is 66.8 Å². The number of carbonyl (C=O) groups is 2. The topological polar surface area (TPSA) is 305 Å². The van der Waals surface area contributed by atoms with Crippen LogP contribution in [0.5, 0.6) is 0 Å². The van der Waals surface area contributed by atoms with E-state index in [1.54, 1.807) is 56.9 Å². The molecule has 0 amide bonds. The summed E-state index contributed by atoms with van der Waals surface area (Å²) in [5.74, 6) is -1.12. The fourth-order valence-electron chi connectivity index (χ4n) is 10.4. The third-order valence-corrected chi connectivity index (χ3v) is 17.5. The Labute approximate surface area is 772 Å². The molecule has 0 radical (unpaired) electrons. The molecule has 129 heavy (non-hydrogen) atoms. The first-order chi connectivity index (χ1) is 62.5. The van der Waals surface area contributed by atoms with E-state index in [2.05, 4.69) is 60.9 Å². The number of ether oxygens (including phenoxy) is 25. The number of esters is 2. The van der Waals surface area contributed by atoms with Crippen molar-refractivity contribution in [3.05, 3.63) is 180 Å². The quantitative estimate of drug-likeness (QED) is 0.0180. The molecule has 736 valence electrons. The number of hydrogen-bond acceptors (Lipinski definition) is 29. The van der Waals surface area contributed by atoms with E-state index in [4.69, 9.17) is 114 Å². The van der Waals surface area contributed by atoms with Gasteiger partial charge < -0.3 is 129 Å². The minimum absolute atomic E-state index is 0.143. The van der Waals surface area contributed by atoms with Gasteiger partial charge in [-0.15, -0.1) is 0 Å². The second-order valence-electron chi connectivity index (χ2n) is 28.5. The normalized spacial score (nSPS) is 12.4. The number of aliphatic hydroxyl groups is 2. The first-order valence-corrected chi connectivity index (χ1v) is 45.1. The Bertz CT molecular complexity index is 3230. The van der Waals surface area contributed by atoms with Crippen LogP contribution in [0, 0.1) is 0 Å². The number of benzene rings is 4. The lowest BCUT2D eigenvalue weighted by molar-refractivity contribution is -0.156. The molecule has 0 bridgehead atoms. The Morgan fingerprint density at radius 1 is 0.248 bits per heavy atom. The molecule has 4 aromatic carbocycles. The molecular weight excluding hydrogens is 1670 g/mol. The standard InChI is InChI=1S/C24H42O8.3C24H38O6.C4H6O3/c1-5-27-11-13-29-15-17-31-19-23(3,25)21-7-9-22(10-8-21)24(4,26)20-32-18-16-30-14-12-28-6-2;3*1-5-25-11-13-27-15-17-29-19-21(3)23-7-9-24(10-8-23)22(4)20-30-18-16-28-14-12-26-6-2;1-3(5)7-4(2)6/h7-10,25-26H,5-6,11-20H2,1-4H3;7-10,19-20H,5-6,11-18H2,1-4H3;7-10,20H,3,5-6,11-19H2,1-2,4H3;7-10H,3-6,11-20H2,1-2H3;1-2H3. The van der Waals surface area contributed by atoms with Crippen molar-refractivity contribution < 1.29 is 138 Å². The predicted molar refractivity (Wildman–Crippen MR) is 506 cm³/mol. The van der Waals surface area contributed by atoms with E-state index in [-0.39, 0.29) is 13.2 Å². The van der Waals surface area contributed by atoms with Gasteiger partial charge in [0.2, 0.25) is 0 Å². The number of carbonyl (C=O) groups excluding carboxylic acids is 2. The van der Waals surface area contributed by atoms with Crippen LogP contribution in [0.4, 0.5) is 0 Å². The molecule has 2 atom stereocenters. The van der Waals surface area contributed by atoms with Crippen LogP contribution in [0.15, 0.2) is 136 Å². The summed E-state index contributed by atoms with van der Waals surface area (Å²) in [5, 5.41) is 21.5. The lowest BCUT2D eigenvalue weighted by atomic mass is 9.91. The summed E-state index contributed by atoms with van der Waals surface area (Å²) in [6, 6.07) is 31.8. The van der Waals surface area contributed by atoms with Crippen molar-refractivity contribution >= 4 is 45.4 Å². The summed E-state index contributed by atoms with van der Waals surface area (Å²) >= 11 is 0. The summed E-state index contributed by atoms with van der Waals surface area (Å²) in [6.45, 7) is 64.8. The highest BCUT2D eigenvalue weighted by molar-refractivity contribution is 5.82. The largest absolute Gasteiger partial charge is 0.498 e. The number of hydrogen-bond donors (Lipinski definition) is 2. The van der Waals surface area contributed by atoms with Gasteiger partial charge in [-0.25, -0.2) is 0 Å². The molecule has 2 N–H and O–H groups in total. The first-order valence-electron chi connectivity index (χ1n) is 45.1. The van der Waals surface area contributed by atoms with E-state index in [9.17, 15) is 19.8 Å². The number of rotatable bonds is 77. The zero-order chi connectivity index (χ0) is 95.2. The molecule has 0 fully saturated rings. The summed E-state index contributed by atoms with van der Waals surface area (Å²) in [7, 11) is 0. The molecule has 29 nitrogen and oxygen atoms in total. The molecule has 2 unspecified atom stereocenters. The van der Waals surface area contributed by atoms with Gasteiger partial charge in [-0.1, -0.05) is 117 Å². The second-order valence-corrected chi connectivity index (χ2v) is 28.5. The Kier molecular flexibility index (Phi) is 81.6. The summed E-state index contributed by atoms with van der Waals surface area (Å²) in [4.78, 5) is 19.6. The molecule has 0 heterocycles. The lowest BCUT2D eigenvalue weighted by Gasteiger charge is -2.27. The highest BCUT2D eigenvalue weighted by Crippen LogP contribution is 2.28. The SMILES string of the molecule is C=C(COCCOCCOCC)c1ccc(C(=C)COCCOCCOCC)cc1.C=C(COCCOCCOCC)c1ccc(C(C)=COCCOCCOCC)cc1.CC(=O)OC(C)=O.CCOCCOCCOC=C(C)c1ccc(C(C)=COCCOCCOCC)cc1.CCOCCOCCOCC(C)(O)c1ccc(C(C)(O)COCCOCCOCC)cc1. The van der Waals surface area contributed by atoms with Crippen LogP contribution in [0.3, 0.4) is 0 Å². The van der Waals surface area contributed by atoms with Crippen LogP contribution in [-0.2, 0) is 139 Å². The Balaban J connectivity index is 0.00000165. The van der Waals surface area contributed by atoms with Crippen LogP contribution in [0.2, 0.25) is 0 Å². The highest BCUT2D eigenvalue weighted by Gasteiger charge is 2.27. The molecule has 29 heteroatoms. The fourth-order valence-corrected chi connectivity index (χ4v) is 10.4. The van der Waals surface area contributed by atoms with Gasteiger partial charge in [0.25, 0.3) is 0 Å². The molecule has 0 aliphatic heterocycles. The summed E-state index contributed by atoms with van der Waals surface area (Å²) < 4.78 is 134. The van der Waals surface area contributed by atoms with Crippen LogP contribution in [0.1, 0.15) is 148 Å². The summed E-state index contributed by atoms with van der Waals surface area (Å²) in [6.07, 6.45) is 5.32. The average molecular weight is 1830 g/mol. The maximum atomic E-state index is 10.7. The van der Waals surface area contributed by atoms with Crippen LogP contribution < -0.4 is 0 Å². The smallest absolute Gasteiger partial charge is 0.310 e. The van der Waals surface area contributed by atoms with Crippen molar-refractivity contribution in [2.24, 2.45) is 0 Å². The molecular formula is C100H162O29. The maximum absolute atomic E-state index is 10.7. The zero-order valence-corrected chi connectivity index (χ0v) is 80.8. The molecule has 4 rings (SSSR count). The van der Waals surface area contributed by atoms with E-state index in [1.807, 2.05) is 113 Å². The van der Waals surface area contributed by atoms with Gasteiger partial charge in [0.15, 0.2) is 0 Å². The summed E-state index contributed by atoms with van der Waals surface area (Å²) in [5.41, 5.74) is 11.6. The average Bonchev–Trinajstić information content (AvgIpc) is 0.820. The van der Waals surface area contributed by atoms with Gasteiger partial charge in [-0.05, 0) is 168 Å². The van der Waals surface area contributed by atoms with Crippen molar-refractivity contribution in [2.45, 2.75) is 115 Å². The monoisotopic (exact) mass is 1830 g/mol. The minimum Gasteiger partial charge on any atom is -0.498 e. The van der Waals surface area contributed by atoms with Crippen molar-refractivity contribution in [3.63, 3.8) is 0 Å². The van der Waals surface area contributed by atoms with Crippen LogP contribution in [-0.4, -0.2) is 319 Å². The van der Waals surface area contributed by atoms with Crippen molar-refractivity contribution in [1.29, 1.82) is 0 Å². The molecule has 0 aliphatic carbocycles. The van der Waals surface area contributed by atoms with Gasteiger partial charge >= 0.3 is 11.9 Å². The van der Waals surface area contributed by atoms with Crippen molar-refractivity contribution in [3.8, 4) is 0 Å².